The Kier molecular flexibility index (Phi) is 7.63. The van der Waals surface area contributed by atoms with Crippen LogP contribution in [0.1, 0.15) is 36.3 Å². The number of nitrogens with zero attached hydrogens (tertiary/aromatic N) is 1. The lowest BCUT2D eigenvalue weighted by atomic mass is 9.94. The first-order valence-corrected chi connectivity index (χ1v) is 10.5. The topological polar surface area (TPSA) is 48.0 Å². The second kappa shape index (κ2) is 10.4. The van der Waals surface area contributed by atoms with Crippen LogP contribution in [0.25, 0.3) is 6.08 Å². The van der Waals surface area contributed by atoms with Crippen LogP contribution in [0.5, 0.6) is 17.2 Å². The predicted octanol–water partition coefficient (Wildman–Crippen LogP) is 5.18. The van der Waals surface area contributed by atoms with Gasteiger partial charge in [-0.25, -0.2) is 0 Å². The summed E-state index contributed by atoms with van der Waals surface area (Å²) in [6, 6.07) is 11.6. The normalized spacial score (nSPS) is 16.9. The van der Waals surface area contributed by atoms with Crippen LogP contribution in [-0.4, -0.2) is 45.2 Å². The minimum Gasteiger partial charge on any atom is -0.493 e. The van der Waals surface area contributed by atoms with E-state index in [1.165, 1.54) is 5.56 Å². The minimum absolute atomic E-state index is 0.00427. The van der Waals surface area contributed by atoms with Gasteiger partial charge in [-0.2, -0.15) is 0 Å². The number of hydrogen-bond donors (Lipinski definition) is 0. The molecule has 2 aromatic carbocycles. The maximum absolute atomic E-state index is 12.9. The SMILES string of the molecule is COc1cc(/C=C/C(=O)N2CCCCC(c3ccc(Cl)cc3)C2)cc(OC)c1OC. The summed E-state index contributed by atoms with van der Waals surface area (Å²) in [6.45, 7) is 1.47. The zero-order valence-corrected chi connectivity index (χ0v) is 18.4. The van der Waals surface area contributed by atoms with E-state index in [1.807, 2.05) is 29.2 Å². The van der Waals surface area contributed by atoms with E-state index >= 15 is 0 Å². The molecule has 1 heterocycles. The monoisotopic (exact) mass is 429 g/mol. The summed E-state index contributed by atoms with van der Waals surface area (Å²) in [4.78, 5) is 14.8. The highest BCUT2D eigenvalue weighted by Gasteiger charge is 2.22. The highest BCUT2D eigenvalue weighted by molar-refractivity contribution is 6.30. The summed E-state index contributed by atoms with van der Waals surface area (Å²) >= 11 is 6.02. The third kappa shape index (κ3) is 5.28. The van der Waals surface area contributed by atoms with Gasteiger partial charge in [-0.3, -0.25) is 4.79 Å². The van der Waals surface area contributed by atoms with E-state index in [2.05, 4.69) is 12.1 Å². The number of halogens is 1. The molecular formula is C24H28ClNO4. The van der Waals surface area contributed by atoms with Crippen molar-refractivity contribution in [1.82, 2.24) is 4.90 Å². The molecule has 160 valence electrons. The van der Waals surface area contributed by atoms with Crippen molar-refractivity contribution >= 4 is 23.6 Å². The molecule has 0 spiro atoms. The molecule has 1 saturated heterocycles. The molecule has 30 heavy (non-hydrogen) atoms. The van der Waals surface area contributed by atoms with Gasteiger partial charge < -0.3 is 19.1 Å². The van der Waals surface area contributed by atoms with E-state index in [0.29, 0.717) is 29.7 Å². The summed E-state index contributed by atoms with van der Waals surface area (Å²) in [5.41, 5.74) is 2.04. The molecule has 0 aromatic heterocycles. The number of methoxy groups -OCH3 is 3. The fourth-order valence-electron chi connectivity index (χ4n) is 3.82. The van der Waals surface area contributed by atoms with Crippen molar-refractivity contribution in [2.24, 2.45) is 0 Å². The van der Waals surface area contributed by atoms with Gasteiger partial charge in [0.25, 0.3) is 0 Å². The Bertz CT molecular complexity index is 870. The smallest absolute Gasteiger partial charge is 0.246 e. The molecule has 1 fully saturated rings. The zero-order valence-electron chi connectivity index (χ0n) is 17.7. The van der Waals surface area contributed by atoms with Crippen LogP contribution >= 0.6 is 11.6 Å². The van der Waals surface area contributed by atoms with Gasteiger partial charge in [-0.1, -0.05) is 30.2 Å². The Morgan fingerprint density at radius 2 is 1.70 bits per heavy atom. The highest BCUT2D eigenvalue weighted by Crippen LogP contribution is 2.38. The number of likely N-dealkylation sites (tertiary alicyclic amines) is 1. The van der Waals surface area contributed by atoms with Crippen LogP contribution in [0, 0.1) is 0 Å². The molecule has 2 aromatic rings. The molecule has 0 saturated carbocycles. The van der Waals surface area contributed by atoms with Gasteiger partial charge in [-0.05, 0) is 54.3 Å². The molecule has 1 aliphatic heterocycles. The number of ether oxygens (including phenoxy) is 3. The van der Waals surface area contributed by atoms with Crippen molar-refractivity contribution in [3.8, 4) is 17.2 Å². The Morgan fingerprint density at radius 3 is 2.30 bits per heavy atom. The number of hydrogen-bond acceptors (Lipinski definition) is 4. The molecule has 0 N–H and O–H groups in total. The van der Waals surface area contributed by atoms with Crippen molar-refractivity contribution in [1.29, 1.82) is 0 Å². The van der Waals surface area contributed by atoms with E-state index in [-0.39, 0.29) is 5.91 Å². The van der Waals surface area contributed by atoms with Crippen LogP contribution in [0.4, 0.5) is 0 Å². The molecule has 0 aliphatic carbocycles. The Morgan fingerprint density at radius 1 is 1.03 bits per heavy atom. The predicted molar refractivity (Wildman–Crippen MR) is 120 cm³/mol. The van der Waals surface area contributed by atoms with Crippen molar-refractivity contribution < 1.29 is 19.0 Å². The van der Waals surface area contributed by atoms with Gasteiger partial charge in [0.1, 0.15) is 0 Å². The van der Waals surface area contributed by atoms with Gasteiger partial charge in [0, 0.05) is 30.1 Å². The van der Waals surface area contributed by atoms with Crippen LogP contribution in [0.3, 0.4) is 0 Å². The van der Waals surface area contributed by atoms with E-state index in [4.69, 9.17) is 25.8 Å². The van der Waals surface area contributed by atoms with Crippen molar-refractivity contribution in [3.05, 3.63) is 58.6 Å². The van der Waals surface area contributed by atoms with E-state index in [1.54, 1.807) is 33.5 Å². The molecule has 5 nitrogen and oxygen atoms in total. The average molecular weight is 430 g/mol. The molecule has 1 unspecified atom stereocenters. The summed E-state index contributed by atoms with van der Waals surface area (Å²) in [5.74, 6) is 1.97. The third-order valence-corrected chi connectivity index (χ3v) is 5.68. The number of benzene rings is 2. The Balaban J connectivity index is 1.75. The summed E-state index contributed by atoms with van der Waals surface area (Å²) in [6.07, 6.45) is 6.59. The lowest BCUT2D eigenvalue weighted by Crippen LogP contribution is -2.32. The van der Waals surface area contributed by atoms with E-state index < -0.39 is 0 Å². The lowest BCUT2D eigenvalue weighted by molar-refractivity contribution is -0.126. The van der Waals surface area contributed by atoms with Gasteiger partial charge in [0.15, 0.2) is 11.5 Å². The minimum atomic E-state index is 0.00427. The van der Waals surface area contributed by atoms with Gasteiger partial charge >= 0.3 is 0 Å². The molecule has 0 radical (unpaired) electrons. The quantitative estimate of drug-likeness (QED) is 0.594. The summed E-state index contributed by atoms with van der Waals surface area (Å²) in [7, 11) is 4.71. The highest BCUT2D eigenvalue weighted by atomic mass is 35.5. The molecule has 1 aliphatic rings. The lowest BCUT2D eigenvalue weighted by Gasteiger charge is -2.24. The largest absolute Gasteiger partial charge is 0.493 e. The van der Waals surface area contributed by atoms with Crippen molar-refractivity contribution in [3.63, 3.8) is 0 Å². The van der Waals surface area contributed by atoms with Crippen LogP contribution < -0.4 is 14.2 Å². The van der Waals surface area contributed by atoms with Crippen LogP contribution in [-0.2, 0) is 4.79 Å². The first kappa shape index (κ1) is 22.0. The maximum Gasteiger partial charge on any atom is 0.246 e. The fourth-order valence-corrected chi connectivity index (χ4v) is 3.95. The molecule has 1 amide bonds. The van der Waals surface area contributed by atoms with Gasteiger partial charge in [0.2, 0.25) is 11.7 Å². The molecular weight excluding hydrogens is 402 g/mol. The van der Waals surface area contributed by atoms with E-state index in [0.717, 1.165) is 36.4 Å². The number of rotatable bonds is 6. The standard InChI is InChI=1S/C24H28ClNO4/c1-28-21-14-17(15-22(29-2)24(21)30-3)7-12-23(27)26-13-5-4-6-19(16-26)18-8-10-20(25)11-9-18/h7-12,14-15,19H,4-6,13,16H2,1-3H3/b12-7+. The summed E-state index contributed by atoms with van der Waals surface area (Å²) in [5, 5.41) is 0.730. The van der Waals surface area contributed by atoms with Crippen molar-refractivity contribution in [2.75, 3.05) is 34.4 Å². The average Bonchev–Trinajstić information content (AvgIpc) is 3.03. The van der Waals surface area contributed by atoms with Gasteiger partial charge in [-0.15, -0.1) is 0 Å². The number of carbonyl (C=O) groups is 1. The first-order valence-electron chi connectivity index (χ1n) is 10.1. The molecule has 1 atom stereocenters. The van der Waals surface area contributed by atoms with Crippen molar-refractivity contribution in [2.45, 2.75) is 25.2 Å². The number of carbonyl (C=O) groups excluding carboxylic acids is 1. The molecule has 6 heteroatoms. The maximum atomic E-state index is 12.9. The van der Waals surface area contributed by atoms with Gasteiger partial charge in [0.05, 0.1) is 21.3 Å². The van der Waals surface area contributed by atoms with Crippen LogP contribution in [0.15, 0.2) is 42.5 Å². The molecule has 0 bridgehead atoms. The Hall–Kier alpha value is -2.66. The fraction of sp³-hybridized carbons (Fsp3) is 0.375. The van der Waals surface area contributed by atoms with Crippen LogP contribution in [0.2, 0.25) is 5.02 Å². The second-order valence-electron chi connectivity index (χ2n) is 7.32. The molecule has 3 rings (SSSR count). The zero-order chi connectivity index (χ0) is 21.5. The Labute approximate surface area is 183 Å². The third-order valence-electron chi connectivity index (χ3n) is 5.43. The first-order chi connectivity index (χ1) is 14.5. The van der Waals surface area contributed by atoms with E-state index in [9.17, 15) is 4.79 Å². The number of amides is 1. The second-order valence-corrected chi connectivity index (χ2v) is 7.76. The summed E-state index contributed by atoms with van der Waals surface area (Å²) < 4.78 is 16.1.